The van der Waals surface area contributed by atoms with Crippen LogP contribution in [0.5, 0.6) is 0 Å². The zero-order chi connectivity index (χ0) is 16.9. The summed E-state index contributed by atoms with van der Waals surface area (Å²) in [5.41, 5.74) is 1.22. The first kappa shape index (κ1) is 16.8. The summed E-state index contributed by atoms with van der Waals surface area (Å²) in [7, 11) is 0. The highest BCUT2D eigenvalue weighted by atomic mass is 35.5. The molecule has 0 saturated carbocycles. The highest BCUT2D eigenvalue weighted by Gasteiger charge is 2.11. The number of carbonyl (C=O) groups is 1. The van der Waals surface area contributed by atoms with Gasteiger partial charge in [-0.25, -0.2) is 14.6 Å². The molecular weight excluding hydrogens is 369 g/mol. The van der Waals surface area contributed by atoms with Gasteiger partial charge in [0.15, 0.2) is 0 Å². The van der Waals surface area contributed by atoms with Crippen molar-refractivity contribution in [2.45, 2.75) is 5.03 Å². The molecule has 2 aromatic heterocycles. The van der Waals surface area contributed by atoms with E-state index in [0.717, 1.165) is 0 Å². The van der Waals surface area contributed by atoms with Crippen molar-refractivity contribution in [2.24, 2.45) is 0 Å². The molecule has 0 aliphatic heterocycles. The van der Waals surface area contributed by atoms with Crippen LogP contribution < -0.4 is 5.32 Å². The number of nitrogens with zero attached hydrogens (tertiary/aromatic N) is 4. The molecule has 0 atom stereocenters. The van der Waals surface area contributed by atoms with Crippen LogP contribution in [0.3, 0.4) is 0 Å². The molecule has 0 radical (unpaired) electrons. The number of thioether (sulfide) groups is 1. The first-order chi connectivity index (χ1) is 11.6. The predicted molar refractivity (Wildman–Crippen MR) is 95.0 cm³/mol. The average Bonchev–Trinajstić information content (AvgIpc) is 3.08. The molecule has 3 rings (SSSR count). The van der Waals surface area contributed by atoms with Gasteiger partial charge in [0.05, 0.1) is 22.2 Å². The minimum Gasteiger partial charge on any atom is -0.323 e. The van der Waals surface area contributed by atoms with Crippen LogP contribution in [0.1, 0.15) is 0 Å². The van der Waals surface area contributed by atoms with Crippen molar-refractivity contribution in [3.63, 3.8) is 0 Å². The van der Waals surface area contributed by atoms with Crippen molar-refractivity contribution in [3.05, 3.63) is 59.2 Å². The minimum absolute atomic E-state index is 0.167. The number of hydrogen-bond acceptors (Lipinski definition) is 5. The Labute approximate surface area is 152 Å². The third kappa shape index (κ3) is 4.05. The fourth-order valence-corrected chi connectivity index (χ4v) is 3.08. The summed E-state index contributed by atoms with van der Waals surface area (Å²) in [5, 5.41) is 8.53. The maximum Gasteiger partial charge on any atom is 0.234 e. The number of nitrogens with one attached hydrogen (secondary N) is 1. The van der Waals surface area contributed by atoms with E-state index in [1.165, 1.54) is 18.1 Å². The van der Waals surface area contributed by atoms with Crippen LogP contribution in [0.2, 0.25) is 10.0 Å². The second-order valence-electron chi connectivity index (χ2n) is 4.63. The first-order valence-electron chi connectivity index (χ1n) is 6.81. The van der Waals surface area contributed by atoms with Gasteiger partial charge >= 0.3 is 0 Å². The summed E-state index contributed by atoms with van der Waals surface area (Å²) in [6.45, 7) is 0. The van der Waals surface area contributed by atoms with Gasteiger partial charge in [0.25, 0.3) is 0 Å². The van der Waals surface area contributed by atoms with Crippen molar-refractivity contribution in [1.82, 2.24) is 19.7 Å². The second-order valence-corrected chi connectivity index (χ2v) is 6.44. The molecule has 3 aromatic rings. The van der Waals surface area contributed by atoms with E-state index >= 15 is 0 Å². The van der Waals surface area contributed by atoms with Gasteiger partial charge in [-0.3, -0.25) is 4.79 Å². The molecule has 122 valence electrons. The summed E-state index contributed by atoms with van der Waals surface area (Å²) >= 11 is 13.3. The molecule has 0 fully saturated rings. The number of aromatic nitrogens is 4. The van der Waals surface area contributed by atoms with Crippen LogP contribution in [-0.2, 0) is 4.79 Å². The number of rotatable bonds is 5. The molecule has 6 nitrogen and oxygen atoms in total. The zero-order valence-corrected chi connectivity index (χ0v) is 14.5. The van der Waals surface area contributed by atoms with Crippen LogP contribution in [0.25, 0.3) is 5.69 Å². The second kappa shape index (κ2) is 7.65. The highest BCUT2D eigenvalue weighted by Crippen LogP contribution is 2.26. The number of hydrogen-bond donors (Lipinski definition) is 1. The Kier molecular flexibility index (Phi) is 5.34. The molecule has 1 aromatic carbocycles. The SMILES string of the molecule is O=C(CSc1ncccc1Cl)Nc1cc(Cl)ccc1-n1cncn1. The lowest BCUT2D eigenvalue weighted by Gasteiger charge is -2.11. The highest BCUT2D eigenvalue weighted by molar-refractivity contribution is 8.00. The molecular formula is C15H11Cl2N5OS. The Morgan fingerprint density at radius 1 is 1.29 bits per heavy atom. The molecule has 0 aliphatic carbocycles. The molecule has 0 aliphatic rings. The van der Waals surface area contributed by atoms with Gasteiger partial charge in [0, 0.05) is 11.2 Å². The topological polar surface area (TPSA) is 72.7 Å². The molecule has 1 N–H and O–H groups in total. The van der Waals surface area contributed by atoms with E-state index < -0.39 is 0 Å². The fraction of sp³-hybridized carbons (Fsp3) is 0.0667. The molecule has 0 spiro atoms. The van der Waals surface area contributed by atoms with Gasteiger partial charge in [-0.1, -0.05) is 35.0 Å². The van der Waals surface area contributed by atoms with Crippen LogP contribution in [0.15, 0.2) is 54.2 Å². The van der Waals surface area contributed by atoms with E-state index in [0.29, 0.717) is 26.4 Å². The summed E-state index contributed by atoms with van der Waals surface area (Å²) in [4.78, 5) is 20.3. The Bertz CT molecular complexity index is 857. The third-order valence-electron chi connectivity index (χ3n) is 2.96. The number of halogens is 2. The number of amides is 1. The van der Waals surface area contributed by atoms with E-state index in [9.17, 15) is 4.79 Å². The summed E-state index contributed by atoms with van der Waals surface area (Å²) < 4.78 is 1.55. The lowest BCUT2D eigenvalue weighted by molar-refractivity contribution is -0.113. The smallest absolute Gasteiger partial charge is 0.234 e. The fourth-order valence-electron chi connectivity index (χ4n) is 1.94. The monoisotopic (exact) mass is 379 g/mol. The van der Waals surface area contributed by atoms with Crippen molar-refractivity contribution in [3.8, 4) is 5.69 Å². The average molecular weight is 380 g/mol. The number of pyridine rings is 1. The first-order valence-corrected chi connectivity index (χ1v) is 8.55. The zero-order valence-electron chi connectivity index (χ0n) is 12.2. The molecule has 0 saturated heterocycles. The van der Waals surface area contributed by atoms with E-state index in [1.54, 1.807) is 47.5 Å². The molecule has 0 bridgehead atoms. The lowest BCUT2D eigenvalue weighted by atomic mass is 10.2. The van der Waals surface area contributed by atoms with Crippen LogP contribution in [0.4, 0.5) is 5.69 Å². The molecule has 0 unspecified atom stereocenters. The molecule has 24 heavy (non-hydrogen) atoms. The van der Waals surface area contributed by atoms with Gasteiger partial charge in [0.2, 0.25) is 5.91 Å². The Hall–Kier alpha value is -2.09. The van der Waals surface area contributed by atoms with E-state index in [2.05, 4.69) is 20.4 Å². The van der Waals surface area contributed by atoms with Gasteiger partial charge < -0.3 is 5.32 Å². The summed E-state index contributed by atoms with van der Waals surface area (Å²) in [6, 6.07) is 8.61. The van der Waals surface area contributed by atoms with Gasteiger partial charge in [0.1, 0.15) is 17.7 Å². The van der Waals surface area contributed by atoms with Crippen LogP contribution >= 0.6 is 35.0 Å². The minimum atomic E-state index is -0.203. The van der Waals surface area contributed by atoms with Crippen molar-refractivity contribution >= 4 is 46.6 Å². The van der Waals surface area contributed by atoms with E-state index in [4.69, 9.17) is 23.2 Å². The van der Waals surface area contributed by atoms with Crippen molar-refractivity contribution < 1.29 is 4.79 Å². The van der Waals surface area contributed by atoms with Crippen LogP contribution in [-0.4, -0.2) is 31.4 Å². The van der Waals surface area contributed by atoms with Gasteiger partial charge in [-0.15, -0.1) is 0 Å². The van der Waals surface area contributed by atoms with Crippen molar-refractivity contribution in [2.75, 3.05) is 11.1 Å². The lowest BCUT2D eigenvalue weighted by Crippen LogP contribution is -2.16. The van der Waals surface area contributed by atoms with E-state index in [1.807, 2.05) is 0 Å². The molecule has 1 amide bonds. The Balaban J connectivity index is 1.72. The normalized spacial score (nSPS) is 10.6. The maximum absolute atomic E-state index is 12.2. The van der Waals surface area contributed by atoms with Crippen LogP contribution in [0, 0.1) is 0 Å². The van der Waals surface area contributed by atoms with Gasteiger partial charge in [-0.2, -0.15) is 5.10 Å². The molecule has 9 heteroatoms. The number of benzene rings is 1. The maximum atomic E-state index is 12.2. The summed E-state index contributed by atoms with van der Waals surface area (Å²) in [5.74, 6) is -0.0367. The number of anilines is 1. The standard InChI is InChI=1S/C15H11Cl2N5OS/c16-10-3-4-13(22-9-18-8-20-22)12(6-10)21-14(23)7-24-15-11(17)2-1-5-19-15/h1-6,8-9H,7H2,(H,21,23). The summed E-state index contributed by atoms with van der Waals surface area (Å²) in [6.07, 6.45) is 4.59. The molecule has 2 heterocycles. The Morgan fingerprint density at radius 2 is 2.17 bits per heavy atom. The van der Waals surface area contributed by atoms with Gasteiger partial charge in [-0.05, 0) is 30.3 Å². The van der Waals surface area contributed by atoms with E-state index in [-0.39, 0.29) is 11.7 Å². The van der Waals surface area contributed by atoms with Crippen molar-refractivity contribution in [1.29, 1.82) is 0 Å². The quantitative estimate of drug-likeness (QED) is 0.684. The number of carbonyl (C=O) groups excluding carboxylic acids is 1. The predicted octanol–water partition coefficient (Wildman–Crippen LogP) is 3.70. The third-order valence-corrected chi connectivity index (χ3v) is 4.62. The largest absolute Gasteiger partial charge is 0.323 e. The Morgan fingerprint density at radius 3 is 2.92 bits per heavy atom.